The van der Waals surface area contributed by atoms with Gasteiger partial charge in [-0.1, -0.05) is 36.5 Å². The lowest BCUT2D eigenvalue weighted by molar-refractivity contribution is -0.106. The smallest absolute Gasteiger partial charge is 0.369 e. The maximum atomic E-state index is 12.4. The minimum absolute atomic E-state index is 0.0732. The first kappa shape index (κ1) is 16.2. The summed E-state index contributed by atoms with van der Waals surface area (Å²) < 4.78 is 4.68. The predicted molar refractivity (Wildman–Crippen MR) is 89.7 cm³/mol. The van der Waals surface area contributed by atoms with Crippen molar-refractivity contribution in [1.29, 1.82) is 0 Å². The van der Waals surface area contributed by atoms with Gasteiger partial charge in [-0.05, 0) is 56.9 Å². The van der Waals surface area contributed by atoms with E-state index in [0.29, 0.717) is 11.3 Å². The van der Waals surface area contributed by atoms with Crippen molar-refractivity contribution in [2.75, 3.05) is 0 Å². The minimum atomic E-state index is -0.702. The molecule has 0 saturated carbocycles. The molecule has 1 aromatic carbocycles. The van der Waals surface area contributed by atoms with Gasteiger partial charge in [0.25, 0.3) is 0 Å². The summed E-state index contributed by atoms with van der Waals surface area (Å²) in [5.74, 6) is 0.392. The highest BCUT2D eigenvalue weighted by Crippen LogP contribution is 2.48. The zero-order valence-electron chi connectivity index (χ0n) is 12.7. The van der Waals surface area contributed by atoms with Crippen molar-refractivity contribution >= 4 is 40.4 Å². The van der Waals surface area contributed by atoms with E-state index < -0.39 is 10.0 Å². The molecule has 0 amide bonds. The lowest BCUT2D eigenvalue weighted by Crippen LogP contribution is -2.18. The molecule has 2 rings (SSSR count). The first-order chi connectivity index (χ1) is 9.63. The zero-order chi connectivity index (χ0) is 15.9. The third-order valence-corrected chi connectivity index (χ3v) is 4.80. The van der Waals surface area contributed by atoms with E-state index in [4.69, 9.17) is 4.74 Å². The summed E-state index contributed by atoms with van der Waals surface area (Å²) in [5, 5.41) is -0.775. The standard InChI is InChI=1S/C16H18O3S2/c1-8-6-10(3)11(7-9(8)2)12-13(19-15(18)20)16(4,5)21-14(12)17/h6-7H,1-5H3,(H,18,20). The predicted octanol–water partition coefficient (Wildman–Crippen LogP) is 4.44. The van der Waals surface area contributed by atoms with Crippen LogP contribution in [0.3, 0.4) is 0 Å². The molecule has 3 nitrogen and oxygen atoms in total. The van der Waals surface area contributed by atoms with Crippen LogP contribution in [-0.2, 0) is 9.53 Å². The Morgan fingerprint density at radius 1 is 1.14 bits per heavy atom. The monoisotopic (exact) mass is 322 g/mol. The Bertz CT molecular complexity index is 672. The summed E-state index contributed by atoms with van der Waals surface area (Å²) in [6.45, 7) is 9.72. The summed E-state index contributed by atoms with van der Waals surface area (Å²) in [4.78, 5) is 23.7. The third kappa shape index (κ3) is 3.04. The van der Waals surface area contributed by atoms with E-state index in [1.54, 1.807) is 0 Å². The number of thiol groups is 1. The SMILES string of the molecule is Cc1cc(C)c(C2=C(OC(=O)S)C(C)(C)SC2=O)cc1C. The number of thioether (sulfide) groups is 1. The lowest BCUT2D eigenvalue weighted by Gasteiger charge is -2.19. The molecule has 1 aliphatic rings. The summed E-state index contributed by atoms with van der Waals surface area (Å²) in [6, 6.07) is 4.02. The normalized spacial score (nSPS) is 17.3. The van der Waals surface area contributed by atoms with Crippen molar-refractivity contribution in [1.82, 2.24) is 0 Å². The van der Waals surface area contributed by atoms with Gasteiger partial charge >= 0.3 is 5.30 Å². The van der Waals surface area contributed by atoms with Crippen molar-refractivity contribution < 1.29 is 14.3 Å². The summed E-state index contributed by atoms with van der Waals surface area (Å²) in [7, 11) is 0. The molecule has 0 atom stereocenters. The molecule has 5 heteroatoms. The number of rotatable bonds is 2. The maximum Gasteiger partial charge on any atom is 0.369 e. The van der Waals surface area contributed by atoms with Crippen LogP contribution in [0.15, 0.2) is 17.9 Å². The van der Waals surface area contributed by atoms with Gasteiger partial charge in [0.05, 0.1) is 10.3 Å². The molecule has 0 bridgehead atoms. The molecular formula is C16H18O3S2. The van der Waals surface area contributed by atoms with Crippen LogP contribution in [0.5, 0.6) is 0 Å². The number of ether oxygens (including phenoxy) is 1. The molecule has 0 aliphatic carbocycles. The van der Waals surface area contributed by atoms with E-state index in [9.17, 15) is 9.59 Å². The van der Waals surface area contributed by atoms with Crippen molar-refractivity contribution in [2.45, 2.75) is 39.4 Å². The van der Waals surface area contributed by atoms with E-state index in [2.05, 4.69) is 12.6 Å². The van der Waals surface area contributed by atoms with E-state index in [-0.39, 0.29) is 5.12 Å². The molecule has 0 fully saturated rings. The molecule has 1 aromatic rings. The van der Waals surface area contributed by atoms with Gasteiger partial charge < -0.3 is 4.74 Å². The van der Waals surface area contributed by atoms with Crippen LogP contribution in [0, 0.1) is 20.8 Å². The molecule has 1 heterocycles. The highest BCUT2D eigenvalue weighted by Gasteiger charge is 2.43. The van der Waals surface area contributed by atoms with E-state index in [1.807, 2.05) is 46.8 Å². The number of aryl methyl sites for hydroxylation is 3. The Morgan fingerprint density at radius 2 is 1.71 bits per heavy atom. The molecule has 21 heavy (non-hydrogen) atoms. The largest absolute Gasteiger partial charge is 0.421 e. The highest BCUT2D eigenvalue weighted by molar-refractivity contribution is 8.16. The zero-order valence-corrected chi connectivity index (χ0v) is 14.4. The fourth-order valence-electron chi connectivity index (χ4n) is 2.45. The molecule has 0 radical (unpaired) electrons. The highest BCUT2D eigenvalue weighted by atomic mass is 32.2. The molecule has 0 N–H and O–H groups in total. The second kappa shape index (κ2) is 5.54. The van der Waals surface area contributed by atoms with Crippen molar-refractivity contribution in [2.24, 2.45) is 0 Å². The van der Waals surface area contributed by atoms with Gasteiger partial charge in [0.15, 0.2) is 0 Å². The van der Waals surface area contributed by atoms with Crippen molar-refractivity contribution in [3.05, 3.63) is 40.1 Å². The summed E-state index contributed by atoms with van der Waals surface area (Å²) in [6.07, 6.45) is 0. The van der Waals surface area contributed by atoms with Crippen LogP contribution in [-0.4, -0.2) is 15.2 Å². The second-order valence-corrected chi connectivity index (χ2v) is 7.68. The number of carbonyl (C=O) groups is 2. The maximum absolute atomic E-state index is 12.4. The van der Waals surface area contributed by atoms with Gasteiger partial charge in [-0.2, -0.15) is 0 Å². The Hall–Kier alpha value is -1.20. The summed E-state index contributed by atoms with van der Waals surface area (Å²) >= 11 is 4.85. The van der Waals surface area contributed by atoms with Crippen LogP contribution in [0.4, 0.5) is 4.79 Å². The molecule has 0 spiro atoms. The fraction of sp³-hybridized carbons (Fsp3) is 0.375. The topological polar surface area (TPSA) is 43.4 Å². The Kier molecular flexibility index (Phi) is 4.26. The lowest BCUT2D eigenvalue weighted by atomic mass is 9.93. The quantitative estimate of drug-likeness (QED) is 0.645. The second-order valence-electron chi connectivity index (χ2n) is 5.72. The molecule has 0 aromatic heterocycles. The van der Waals surface area contributed by atoms with Gasteiger partial charge in [0, 0.05) is 0 Å². The number of carbonyl (C=O) groups excluding carboxylic acids is 2. The fourth-order valence-corrected chi connectivity index (χ4v) is 3.54. The first-order valence-corrected chi connectivity index (χ1v) is 7.87. The van der Waals surface area contributed by atoms with E-state index in [1.165, 1.54) is 17.3 Å². The number of benzene rings is 1. The molecule has 1 aliphatic heterocycles. The van der Waals surface area contributed by atoms with Crippen LogP contribution in [0.1, 0.15) is 36.1 Å². The minimum Gasteiger partial charge on any atom is -0.421 e. The van der Waals surface area contributed by atoms with E-state index >= 15 is 0 Å². The Morgan fingerprint density at radius 3 is 2.29 bits per heavy atom. The van der Waals surface area contributed by atoms with E-state index in [0.717, 1.165) is 16.7 Å². The molecule has 112 valence electrons. The van der Waals surface area contributed by atoms with Crippen LogP contribution >= 0.6 is 24.4 Å². The molecule has 0 unspecified atom stereocenters. The average Bonchev–Trinajstić information content (AvgIpc) is 2.54. The Balaban J connectivity index is 2.70. The van der Waals surface area contributed by atoms with Gasteiger partial charge in [0.1, 0.15) is 5.76 Å². The van der Waals surface area contributed by atoms with Gasteiger partial charge in [-0.15, -0.1) is 0 Å². The third-order valence-electron chi connectivity index (χ3n) is 3.63. The van der Waals surface area contributed by atoms with Crippen molar-refractivity contribution in [3.8, 4) is 0 Å². The van der Waals surface area contributed by atoms with Gasteiger partial charge in [-0.3, -0.25) is 4.79 Å². The average molecular weight is 322 g/mol. The van der Waals surface area contributed by atoms with Gasteiger partial charge in [0.2, 0.25) is 5.12 Å². The summed E-state index contributed by atoms with van der Waals surface area (Å²) in [5.41, 5.74) is 4.57. The number of hydrogen-bond acceptors (Lipinski definition) is 4. The number of hydrogen-bond donors (Lipinski definition) is 1. The molecular weight excluding hydrogens is 304 g/mol. The van der Waals surface area contributed by atoms with Crippen LogP contribution in [0.25, 0.3) is 5.57 Å². The van der Waals surface area contributed by atoms with Gasteiger partial charge in [-0.25, -0.2) is 4.79 Å². The Labute approximate surface area is 134 Å². The van der Waals surface area contributed by atoms with Crippen LogP contribution < -0.4 is 0 Å². The van der Waals surface area contributed by atoms with Crippen molar-refractivity contribution in [3.63, 3.8) is 0 Å². The van der Waals surface area contributed by atoms with Crippen LogP contribution in [0.2, 0.25) is 0 Å². The first-order valence-electron chi connectivity index (χ1n) is 6.60. The molecule has 0 saturated heterocycles.